The number of aromatic nitrogens is 1. The lowest BCUT2D eigenvalue weighted by Gasteiger charge is -2.07. The Balaban J connectivity index is 1.97. The van der Waals surface area contributed by atoms with Crippen molar-refractivity contribution in [1.82, 2.24) is 4.57 Å². The van der Waals surface area contributed by atoms with E-state index in [1.54, 1.807) is 0 Å². The van der Waals surface area contributed by atoms with Crippen molar-refractivity contribution in [2.45, 2.75) is 46.1 Å². The number of nitriles is 1. The molecule has 2 rings (SSSR count). The lowest BCUT2D eigenvalue weighted by molar-refractivity contribution is -0.143. The van der Waals surface area contributed by atoms with Gasteiger partial charge >= 0.3 is 5.97 Å². The fraction of sp³-hybridized carbons (Fsp3) is 0.444. The minimum atomic E-state index is -0.110. The molecule has 4 nitrogen and oxygen atoms in total. The maximum atomic E-state index is 11.3. The first kappa shape index (κ1) is 17.6. The van der Waals surface area contributed by atoms with Crippen LogP contribution in [0.5, 0.6) is 0 Å². The summed E-state index contributed by atoms with van der Waals surface area (Å²) < 4.78 is 8.14. The summed E-state index contributed by atoms with van der Waals surface area (Å²) >= 11 is 3.57. The van der Waals surface area contributed by atoms with Crippen molar-refractivity contribution in [2.75, 3.05) is 6.61 Å². The van der Waals surface area contributed by atoms with Crippen LogP contribution in [0.15, 0.2) is 22.8 Å². The Morgan fingerprint density at radius 2 is 2.13 bits per heavy atom. The quantitative estimate of drug-likeness (QED) is 0.519. The number of hydrogen-bond donors (Lipinski definition) is 0. The molecule has 122 valence electrons. The lowest BCUT2D eigenvalue weighted by atomic mass is 10.1. The number of hydrogen-bond acceptors (Lipinski definition) is 3. The van der Waals surface area contributed by atoms with E-state index in [1.807, 2.05) is 19.9 Å². The van der Waals surface area contributed by atoms with Crippen molar-refractivity contribution >= 4 is 32.8 Å². The summed E-state index contributed by atoms with van der Waals surface area (Å²) in [4.78, 5) is 11.3. The summed E-state index contributed by atoms with van der Waals surface area (Å²) in [6.45, 7) is 5.14. The zero-order valence-corrected chi connectivity index (χ0v) is 15.1. The zero-order chi connectivity index (χ0) is 16.8. The van der Waals surface area contributed by atoms with Gasteiger partial charge in [0.2, 0.25) is 0 Å². The Morgan fingerprint density at radius 3 is 2.83 bits per heavy atom. The van der Waals surface area contributed by atoms with Crippen LogP contribution in [0, 0.1) is 18.3 Å². The molecule has 23 heavy (non-hydrogen) atoms. The number of ether oxygens (including phenoxy) is 1. The second-order valence-electron chi connectivity index (χ2n) is 5.58. The standard InChI is InChI=1S/C18H21BrN2O2/c1-3-23-18(22)7-5-4-6-8-21-12-16(19)15-10-14(11-20)13(2)9-17(15)21/h9-10,12H,3-8H2,1-2H3. The van der Waals surface area contributed by atoms with Crippen LogP contribution in [0.3, 0.4) is 0 Å². The van der Waals surface area contributed by atoms with Crippen LogP contribution in [0.1, 0.15) is 43.7 Å². The highest BCUT2D eigenvalue weighted by molar-refractivity contribution is 9.10. The van der Waals surface area contributed by atoms with Crippen molar-refractivity contribution in [1.29, 1.82) is 5.26 Å². The predicted octanol–water partition coefficient (Wildman–Crippen LogP) is 4.71. The molecule has 0 saturated heterocycles. The van der Waals surface area contributed by atoms with Crippen molar-refractivity contribution in [3.8, 4) is 6.07 Å². The summed E-state index contributed by atoms with van der Waals surface area (Å²) in [5.41, 5.74) is 2.85. The molecular weight excluding hydrogens is 356 g/mol. The van der Waals surface area contributed by atoms with Gasteiger partial charge in [-0.3, -0.25) is 4.79 Å². The number of fused-ring (bicyclic) bond motifs is 1. The first-order valence-corrected chi connectivity index (χ1v) is 8.70. The molecule has 1 heterocycles. The molecular formula is C18H21BrN2O2. The van der Waals surface area contributed by atoms with Gasteiger partial charge in [-0.2, -0.15) is 5.26 Å². The van der Waals surface area contributed by atoms with Gasteiger partial charge in [-0.25, -0.2) is 0 Å². The molecule has 2 aromatic rings. The topological polar surface area (TPSA) is 55.0 Å². The molecule has 1 aromatic carbocycles. The Morgan fingerprint density at radius 1 is 1.35 bits per heavy atom. The smallest absolute Gasteiger partial charge is 0.305 e. The maximum Gasteiger partial charge on any atom is 0.305 e. The first-order valence-electron chi connectivity index (χ1n) is 7.91. The van der Waals surface area contributed by atoms with Crippen LogP contribution in [0.2, 0.25) is 0 Å². The number of esters is 1. The minimum absolute atomic E-state index is 0.110. The van der Waals surface area contributed by atoms with Crippen LogP contribution in [-0.2, 0) is 16.1 Å². The van der Waals surface area contributed by atoms with E-state index < -0.39 is 0 Å². The van der Waals surface area contributed by atoms with Crippen LogP contribution >= 0.6 is 15.9 Å². The molecule has 0 amide bonds. The summed E-state index contributed by atoms with van der Waals surface area (Å²) in [6, 6.07) is 6.23. The number of unbranched alkanes of at least 4 members (excludes halogenated alkanes) is 2. The molecule has 0 aliphatic heterocycles. The van der Waals surface area contributed by atoms with Gasteiger partial charge < -0.3 is 9.30 Å². The number of aryl methyl sites for hydroxylation is 2. The van der Waals surface area contributed by atoms with Gasteiger partial charge in [0.25, 0.3) is 0 Å². The van der Waals surface area contributed by atoms with Crippen LogP contribution < -0.4 is 0 Å². The largest absolute Gasteiger partial charge is 0.466 e. The number of benzene rings is 1. The minimum Gasteiger partial charge on any atom is -0.466 e. The molecule has 0 N–H and O–H groups in total. The van der Waals surface area contributed by atoms with Crippen LogP contribution in [0.4, 0.5) is 0 Å². The molecule has 1 aromatic heterocycles. The summed E-state index contributed by atoms with van der Waals surface area (Å²) in [5, 5.41) is 10.2. The van der Waals surface area contributed by atoms with E-state index in [0.29, 0.717) is 18.6 Å². The van der Waals surface area contributed by atoms with Crippen LogP contribution in [-0.4, -0.2) is 17.1 Å². The van der Waals surface area contributed by atoms with E-state index in [-0.39, 0.29) is 5.97 Å². The number of halogens is 1. The second-order valence-corrected chi connectivity index (χ2v) is 6.44. The molecule has 0 spiro atoms. The first-order chi connectivity index (χ1) is 11.1. The molecule has 0 aliphatic carbocycles. The van der Waals surface area contributed by atoms with E-state index in [9.17, 15) is 4.79 Å². The van der Waals surface area contributed by atoms with Gasteiger partial charge in [0, 0.05) is 34.5 Å². The van der Waals surface area contributed by atoms with Crippen molar-refractivity contribution < 1.29 is 9.53 Å². The molecule has 0 aliphatic rings. The van der Waals surface area contributed by atoms with Gasteiger partial charge in [-0.05, 0) is 60.3 Å². The molecule has 0 unspecified atom stereocenters. The molecule has 0 atom stereocenters. The summed E-state index contributed by atoms with van der Waals surface area (Å²) in [5.74, 6) is -0.110. The van der Waals surface area contributed by atoms with E-state index in [1.165, 1.54) is 0 Å². The van der Waals surface area contributed by atoms with Crippen molar-refractivity contribution in [3.63, 3.8) is 0 Å². The highest BCUT2D eigenvalue weighted by Gasteiger charge is 2.10. The fourth-order valence-electron chi connectivity index (χ4n) is 2.66. The molecule has 0 saturated carbocycles. The third-order valence-corrected chi connectivity index (χ3v) is 4.52. The fourth-order valence-corrected chi connectivity index (χ4v) is 3.23. The van der Waals surface area contributed by atoms with Crippen LogP contribution in [0.25, 0.3) is 10.9 Å². The maximum absolute atomic E-state index is 11.3. The van der Waals surface area contributed by atoms with Crippen molar-refractivity contribution in [3.05, 3.63) is 33.9 Å². The average Bonchev–Trinajstić information content (AvgIpc) is 2.82. The highest BCUT2D eigenvalue weighted by atomic mass is 79.9. The molecule has 5 heteroatoms. The Labute approximate surface area is 145 Å². The normalized spacial score (nSPS) is 10.7. The van der Waals surface area contributed by atoms with E-state index >= 15 is 0 Å². The Kier molecular flexibility index (Phi) is 6.23. The second kappa shape index (κ2) is 8.16. The number of nitrogens with zero attached hydrogens (tertiary/aromatic N) is 2. The zero-order valence-electron chi connectivity index (χ0n) is 13.6. The van der Waals surface area contributed by atoms with E-state index in [4.69, 9.17) is 10.00 Å². The molecule has 0 fully saturated rings. The van der Waals surface area contributed by atoms with E-state index in [2.05, 4.69) is 38.8 Å². The SMILES string of the molecule is CCOC(=O)CCCCCn1cc(Br)c2cc(C#N)c(C)cc21. The third-order valence-electron chi connectivity index (χ3n) is 3.88. The summed E-state index contributed by atoms with van der Waals surface area (Å²) in [6.07, 6.45) is 5.42. The Hall–Kier alpha value is -1.80. The molecule has 0 bridgehead atoms. The number of carbonyl (C=O) groups is 1. The monoisotopic (exact) mass is 376 g/mol. The van der Waals surface area contributed by atoms with Gasteiger partial charge in [-0.15, -0.1) is 0 Å². The lowest BCUT2D eigenvalue weighted by Crippen LogP contribution is -2.03. The average molecular weight is 377 g/mol. The van der Waals surface area contributed by atoms with Gasteiger partial charge in [0.15, 0.2) is 0 Å². The third kappa shape index (κ3) is 4.35. The van der Waals surface area contributed by atoms with Gasteiger partial charge in [0.05, 0.1) is 18.2 Å². The Bertz CT molecular complexity index is 744. The summed E-state index contributed by atoms with van der Waals surface area (Å²) in [7, 11) is 0. The van der Waals surface area contributed by atoms with Gasteiger partial charge in [0.1, 0.15) is 0 Å². The molecule has 0 radical (unpaired) electrons. The highest BCUT2D eigenvalue weighted by Crippen LogP contribution is 2.29. The predicted molar refractivity (Wildman–Crippen MR) is 94.2 cm³/mol. The number of rotatable bonds is 7. The van der Waals surface area contributed by atoms with Gasteiger partial charge in [-0.1, -0.05) is 6.42 Å². The number of carbonyl (C=O) groups excluding carboxylic acids is 1. The van der Waals surface area contributed by atoms with Crippen molar-refractivity contribution in [2.24, 2.45) is 0 Å². The van der Waals surface area contributed by atoms with E-state index in [0.717, 1.165) is 46.7 Å².